The second-order valence-electron chi connectivity index (χ2n) is 5.85. The van der Waals surface area contributed by atoms with E-state index < -0.39 is 0 Å². The summed E-state index contributed by atoms with van der Waals surface area (Å²) in [7, 11) is 0. The van der Waals surface area contributed by atoms with Crippen LogP contribution in [0.5, 0.6) is 0 Å². The molecule has 5 heteroatoms. The summed E-state index contributed by atoms with van der Waals surface area (Å²) in [5.74, 6) is 0. The van der Waals surface area contributed by atoms with Gasteiger partial charge in [-0.1, -0.05) is 23.7 Å². The quantitative estimate of drug-likeness (QED) is 0.898. The van der Waals surface area contributed by atoms with Crippen molar-refractivity contribution in [2.45, 2.75) is 31.7 Å². The molecule has 1 N–H and O–H groups in total. The third-order valence-electron chi connectivity index (χ3n) is 4.34. The van der Waals surface area contributed by atoms with Gasteiger partial charge in [-0.25, -0.2) is 4.98 Å². The Hall–Kier alpha value is -0.940. The van der Waals surface area contributed by atoms with Gasteiger partial charge in [0.15, 0.2) is 0 Å². The number of thiazole rings is 1. The molecule has 1 fully saturated rings. The first-order valence-corrected chi connectivity index (χ1v) is 8.83. The number of nitrogens with one attached hydrogen (secondary N) is 1. The predicted molar refractivity (Wildman–Crippen MR) is 91.7 cm³/mol. The van der Waals surface area contributed by atoms with Crippen molar-refractivity contribution in [3.63, 3.8) is 0 Å². The molecule has 2 aromatic rings. The molecule has 118 valence electrons. The molecular weight excluding hydrogens is 316 g/mol. The van der Waals surface area contributed by atoms with Crippen molar-refractivity contribution in [2.75, 3.05) is 19.8 Å². The molecule has 0 aliphatic carbocycles. The van der Waals surface area contributed by atoms with E-state index in [1.54, 1.807) is 11.3 Å². The summed E-state index contributed by atoms with van der Waals surface area (Å²) in [6, 6.07) is 8.29. The van der Waals surface area contributed by atoms with Crippen LogP contribution in [0.3, 0.4) is 0 Å². The van der Waals surface area contributed by atoms with E-state index in [9.17, 15) is 0 Å². The summed E-state index contributed by atoms with van der Waals surface area (Å²) >= 11 is 7.79. The molecule has 0 saturated carbocycles. The van der Waals surface area contributed by atoms with Gasteiger partial charge in [0.25, 0.3) is 0 Å². The number of benzene rings is 1. The zero-order valence-electron chi connectivity index (χ0n) is 12.8. The SMILES string of the molecule is Cc1ncc(CNCC2(c3ccc(Cl)cc3)CCOCC2)s1. The first-order valence-electron chi connectivity index (χ1n) is 7.64. The Balaban J connectivity index is 1.70. The van der Waals surface area contributed by atoms with Crippen molar-refractivity contribution in [1.29, 1.82) is 0 Å². The minimum atomic E-state index is 0.141. The van der Waals surface area contributed by atoms with Gasteiger partial charge in [0.1, 0.15) is 0 Å². The number of ether oxygens (including phenoxy) is 1. The molecular formula is C17H21ClN2OS. The molecule has 22 heavy (non-hydrogen) atoms. The highest BCUT2D eigenvalue weighted by Gasteiger charge is 2.34. The normalized spacial score (nSPS) is 17.5. The maximum Gasteiger partial charge on any atom is 0.0897 e. The summed E-state index contributed by atoms with van der Waals surface area (Å²) in [6.07, 6.45) is 4.05. The van der Waals surface area contributed by atoms with Gasteiger partial charge in [-0.15, -0.1) is 11.3 Å². The third kappa shape index (κ3) is 3.69. The number of hydrogen-bond acceptors (Lipinski definition) is 4. The van der Waals surface area contributed by atoms with Gasteiger partial charge in [0.05, 0.1) is 5.01 Å². The van der Waals surface area contributed by atoms with E-state index in [1.807, 2.05) is 25.3 Å². The lowest BCUT2D eigenvalue weighted by Crippen LogP contribution is -2.42. The van der Waals surface area contributed by atoms with Crippen LogP contribution < -0.4 is 5.32 Å². The van der Waals surface area contributed by atoms with E-state index in [0.29, 0.717) is 0 Å². The number of hydrogen-bond donors (Lipinski definition) is 1. The Labute approximate surface area is 140 Å². The van der Waals surface area contributed by atoms with E-state index >= 15 is 0 Å². The van der Waals surface area contributed by atoms with Gasteiger partial charge < -0.3 is 10.1 Å². The molecule has 3 rings (SSSR count). The number of aryl methyl sites for hydroxylation is 1. The van der Waals surface area contributed by atoms with E-state index in [-0.39, 0.29) is 5.41 Å². The fraction of sp³-hybridized carbons (Fsp3) is 0.471. The molecule has 0 atom stereocenters. The second kappa shape index (κ2) is 7.09. The fourth-order valence-electron chi connectivity index (χ4n) is 3.05. The van der Waals surface area contributed by atoms with Crippen molar-refractivity contribution < 1.29 is 4.74 Å². The molecule has 0 bridgehead atoms. The van der Waals surface area contributed by atoms with Crippen LogP contribution in [0.4, 0.5) is 0 Å². The van der Waals surface area contributed by atoms with Gasteiger partial charge in [-0.2, -0.15) is 0 Å². The Morgan fingerprint density at radius 2 is 2.00 bits per heavy atom. The second-order valence-corrected chi connectivity index (χ2v) is 7.60. The number of rotatable bonds is 5. The highest BCUT2D eigenvalue weighted by Crippen LogP contribution is 2.35. The molecule has 1 aliphatic rings. The summed E-state index contributed by atoms with van der Waals surface area (Å²) in [4.78, 5) is 5.60. The minimum Gasteiger partial charge on any atom is -0.381 e. The summed E-state index contributed by atoms with van der Waals surface area (Å²) in [6.45, 7) is 5.52. The lowest BCUT2D eigenvalue weighted by Gasteiger charge is -2.38. The van der Waals surface area contributed by atoms with Crippen molar-refractivity contribution >= 4 is 22.9 Å². The van der Waals surface area contributed by atoms with E-state index in [2.05, 4.69) is 22.4 Å². The first-order chi connectivity index (χ1) is 10.7. The monoisotopic (exact) mass is 336 g/mol. The van der Waals surface area contributed by atoms with Crippen LogP contribution in [-0.4, -0.2) is 24.7 Å². The largest absolute Gasteiger partial charge is 0.381 e. The van der Waals surface area contributed by atoms with Crippen LogP contribution in [0.25, 0.3) is 0 Å². The molecule has 0 spiro atoms. The van der Waals surface area contributed by atoms with Gasteiger partial charge in [-0.05, 0) is 37.5 Å². The van der Waals surface area contributed by atoms with Crippen LogP contribution in [0, 0.1) is 6.92 Å². The Morgan fingerprint density at radius 3 is 2.64 bits per heavy atom. The van der Waals surface area contributed by atoms with E-state index in [0.717, 1.165) is 49.2 Å². The summed E-state index contributed by atoms with van der Waals surface area (Å²) in [5, 5.41) is 5.53. The van der Waals surface area contributed by atoms with Gasteiger partial charge >= 0.3 is 0 Å². The molecule has 3 nitrogen and oxygen atoms in total. The van der Waals surface area contributed by atoms with Gasteiger partial charge in [-0.3, -0.25) is 0 Å². The predicted octanol–water partition coefficient (Wildman–Crippen LogP) is 3.94. The molecule has 1 aliphatic heterocycles. The lowest BCUT2D eigenvalue weighted by atomic mass is 9.74. The molecule has 0 unspecified atom stereocenters. The highest BCUT2D eigenvalue weighted by atomic mass is 35.5. The molecule has 1 aromatic carbocycles. The average Bonchev–Trinajstić information content (AvgIpc) is 2.94. The van der Waals surface area contributed by atoms with Crippen molar-refractivity contribution in [3.8, 4) is 0 Å². The summed E-state index contributed by atoms with van der Waals surface area (Å²) in [5.41, 5.74) is 1.50. The van der Waals surface area contributed by atoms with Crippen LogP contribution in [0.15, 0.2) is 30.5 Å². The zero-order valence-corrected chi connectivity index (χ0v) is 14.3. The fourth-order valence-corrected chi connectivity index (χ4v) is 3.94. The third-order valence-corrected chi connectivity index (χ3v) is 5.50. The molecule has 0 radical (unpaired) electrons. The van der Waals surface area contributed by atoms with Crippen LogP contribution in [0.2, 0.25) is 5.02 Å². The van der Waals surface area contributed by atoms with E-state index in [4.69, 9.17) is 16.3 Å². The summed E-state index contributed by atoms with van der Waals surface area (Å²) < 4.78 is 5.58. The van der Waals surface area contributed by atoms with Crippen molar-refractivity contribution in [1.82, 2.24) is 10.3 Å². The Bertz CT molecular complexity index is 605. The number of aromatic nitrogens is 1. The lowest BCUT2D eigenvalue weighted by molar-refractivity contribution is 0.0498. The standard InChI is InChI=1S/C17H21ClN2OS/c1-13-20-11-16(22-13)10-19-12-17(6-8-21-9-7-17)14-2-4-15(18)5-3-14/h2-5,11,19H,6-10,12H2,1H3. The highest BCUT2D eigenvalue weighted by molar-refractivity contribution is 7.11. The minimum absolute atomic E-state index is 0.141. The maximum atomic E-state index is 6.04. The molecule has 2 heterocycles. The smallest absolute Gasteiger partial charge is 0.0897 e. The zero-order chi connectivity index (χ0) is 15.4. The van der Waals surface area contributed by atoms with E-state index in [1.165, 1.54) is 10.4 Å². The Morgan fingerprint density at radius 1 is 1.27 bits per heavy atom. The van der Waals surface area contributed by atoms with Crippen LogP contribution in [0.1, 0.15) is 28.3 Å². The van der Waals surface area contributed by atoms with Crippen molar-refractivity contribution in [2.24, 2.45) is 0 Å². The van der Waals surface area contributed by atoms with Crippen LogP contribution in [-0.2, 0) is 16.7 Å². The van der Waals surface area contributed by atoms with Gasteiger partial charge in [0, 0.05) is 47.8 Å². The first kappa shape index (κ1) is 15.9. The van der Waals surface area contributed by atoms with Gasteiger partial charge in [0.2, 0.25) is 0 Å². The van der Waals surface area contributed by atoms with Crippen LogP contribution >= 0.6 is 22.9 Å². The Kier molecular flexibility index (Phi) is 5.14. The number of halogens is 1. The molecule has 1 aromatic heterocycles. The average molecular weight is 337 g/mol. The molecule has 0 amide bonds. The topological polar surface area (TPSA) is 34.2 Å². The van der Waals surface area contributed by atoms with Crippen molar-refractivity contribution in [3.05, 3.63) is 50.9 Å². The number of nitrogens with zero attached hydrogens (tertiary/aromatic N) is 1. The maximum absolute atomic E-state index is 6.04. The molecule has 1 saturated heterocycles.